The molecule has 1 saturated heterocycles. The van der Waals surface area contributed by atoms with Gasteiger partial charge in [-0.15, -0.1) is 0 Å². The average molecular weight is 480 g/mol. The second-order valence-electron chi connectivity index (χ2n) is 10.8. The van der Waals surface area contributed by atoms with Crippen LogP contribution in [0, 0.1) is 18.3 Å². The van der Waals surface area contributed by atoms with E-state index in [9.17, 15) is 0 Å². The summed E-state index contributed by atoms with van der Waals surface area (Å²) in [5.74, 6) is 1.22. The lowest BCUT2D eigenvalue weighted by Gasteiger charge is -2.36. The van der Waals surface area contributed by atoms with Gasteiger partial charge in [-0.3, -0.25) is 4.99 Å². The summed E-state index contributed by atoms with van der Waals surface area (Å²) in [6.45, 7) is 15.4. The maximum absolute atomic E-state index is 9.08. The predicted molar refractivity (Wildman–Crippen MR) is 153 cm³/mol. The molecule has 2 aromatic carbocycles. The van der Waals surface area contributed by atoms with E-state index >= 15 is 0 Å². The van der Waals surface area contributed by atoms with Crippen LogP contribution in [0.5, 0.6) is 0 Å². The molecule has 3 heteroatoms. The van der Waals surface area contributed by atoms with Gasteiger partial charge in [-0.2, -0.15) is 5.26 Å². The first kappa shape index (κ1) is 26.0. The Kier molecular flexibility index (Phi) is 8.47. The van der Waals surface area contributed by atoms with E-state index in [2.05, 4.69) is 75.7 Å². The van der Waals surface area contributed by atoms with Crippen molar-refractivity contribution < 1.29 is 0 Å². The number of nitrogens with zero attached hydrogens (tertiary/aromatic N) is 3. The Morgan fingerprint density at radius 1 is 1.06 bits per heavy atom. The van der Waals surface area contributed by atoms with Crippen LogP contribution in [0.4, 0.5) is 0 Å². The van der Waals surface area contributed by atoms with E-state index < -0.39 is 0 Å². The number of hydrogen-bond donors (Lipinski definition) is 0. The summed E-state index contributed by atoms with van der Waals surface area (Å²) in [4.78, 5) is 7.24. The van der Waals surface area contributed by atoms with Crippen molar-refractivity contribution in [3.63, 3.8) is 0 Å². The first-order chi connectivity index (χ1) is 17.4. The fourth-order valence-electron chi connectivity index (χ4n) is 5.63. The number of allylic oxidation sites excluding steroid dienone is 1. The average Bonchev–Trinajstić information content (AvgIpc) is 2.86. The molecule has 1 saturated carbocycles. The molecule has 0 bridgehead atoms. The third-order valence-electron chi connectivity index (χ3n) is 8.16. The molecule has 0 unspecified atom stereocenters. The number of nitriles is 1. The number of hydrogen-bond acceptors (Lipinski definition) is 3. The van der Waals surface area contributed by atoms with Gasteiger partial charge in [0.25, 0.3) is 0 Å². The summed E-state index contributed by atoms with van der Waals surface area (Å²) in [6.07, 6.45) is 10.4. The Balaban J connectivity index is 1.54. The SMILES string of the molecule is C=C(c1cc(/C(C)=C/N=C(C)CCC)c(C2CCC2)cc1C)N1CCC(c2ccc(C#N)cc2)CC1. The van der Waals surface area contributed by atoms with E-state index in [1.165, 1.54) is 58.4 Å². The second-order valence-corrected chi connectivity index (χ2v) is 10.8. The molecule has 0 amide bonds. The third-order valence-corrected chi connectivity index (χ3v) is 8.16. The normalized spacial score (nSPS) is 17.6. The van der Waals surface area contributed by atoms with Gasteiger partial charge in [-0.1, -0.05) is 44.5 Å². The van der Waals surface area contributed by atoms with Gasteiger partial charge in [-0.05, 0) is 111 Å². The minimum Gasteiger partial charge on any atom is -0.371 e. The van der Waals surface area contributed by atoms with Crippen molar-refractivity contribution in [2.24, 2.45) is 4.99 Å². The van der Waals surface area contributed by atoms with Crippen molar-refractivity contribution in [1.29, 1.82) is 5.26 Å². The molecular weight excluding hydrogens is 438 g/mol. The van der Waals surface area contributed by atoms with Crippen LogP contribution in [0.25, 0.3) is 11.3 Å². The summed E-state index contributed by atoms with van der Waals surface area (Å²) >= 11 is 0. The van der Waals surface area contributed by atoms with Crippen LogP contribution in [0.15, 0.2) is 54.2 Å². The van der Waals surface area contributed by atoms with Crippen molar-refractivity contribution in [2.75, 3.05) is 13.1 Å². The maximum Gasteiger partial charge on any atom is 0.0991 e. The van der Waals surface area contributed by atoms with E-state index in [-0.39, 0.29) is 0 Å². The summed E-state index contributed by atoms with van der Waals surface area (Å²) in [5.41, 5.74) is 11.1. The zero-order chi connectivity index (χ0) is 25.7. The predicted octanol–water partition coefficient (Wildman–Crippen LogP) is 8.61. The van der Waals surface area contributed by atoms with Gasteiger partial charge in [0.05, 0.1) is 11.6 Å². The minimum atomic E-state index is 0.550. The van der Waals surface area contributed by atoms with Crippen LogP contribution >= 0.6 is 0 Å². The molecule has 0 N–H and O–H groups in total. The van der Waals surface area contributed by atoms with Gasteiger partial charge < -0.3 is 4.90 Å². The quantitative estimate of drug-likeness (QED) is 0.356. The van der Waals surface area contributed by atoms with Crippen LogP contribution in [0.2, 0.25) is 0 Å². The Bertz CT molecular complexity index is 1180. The van der Waals surface area contributed by atoms with Gasteiger partial charge >= 0.3 is 0 Å². The molecule has 0 aromatic heterocycles. The van der Waals surface area contributed by atoms with Crippen molar-refractivity contribution >= 4 is 17.0 Å². The Hall–Kier alpha value is -3.12. The summed E-state index contributed by atoms with van der Waals surface area (Å²) in [6, 6.07) is 15.2. The number of piperidine rings is 1. The van der Waals surface area contributed by atoms with Crippen molar-refractivity contribution in [2.45, 2.75) is 84.5 Å². The molecule has 2 fully saturated rings. The Morgan fingerprint density at radius 2 is 1.75 bits per heavy atom. The highest BCUT2D eigenvalue weighted by molar-refractivity contribution is 5.83. The largest absolute Gasteiger partial charge is 0.371 e. The Morgan fingerprint density at radius 3 is 2.33 bits per heavy atom. The molecule has 1 aliphatic carbocycles. The summed E-state index contributed by atoms with van der Waals surface area (Å²) < 4.78 is 0. The second kappa shape index (κ2) is 11.7. The van der Waals surface area contributed by atoms with Gasteiger partial charge in [0, 0.05) is 36.3 Å². The molecule has 0 radical (unpaired) electrons. The fourth-order valence-corrected chi connectivity index (χ4v) is 5.63. The molecule has 188 valence electrons. The third kappa shape index (κ3) is 5.81. The molecule has 2 aliphatic rings. The monoisotopic (exact) mass is 479 g/mol. The molecule has 0 spiro atoms. The zero-order valence-electron chi connectivity index (χ0n) is 22.6. The number of rotatable bonds is 8. The lowest BCUT2D eigenvalue weighted by atomic mass is 9.76. The van der Waals surface area contributed by atoms with Gasteiger partial charge in [0.1, 0.15) is 0 Å². The lowest BCUT2D eigenvalue weighted by Crippen LogP contribution is -2.31. The van der Waals surface area contributed by atoms with Crippen LogP contribution in [0.3, 0.4) is 0 Å². The molecule has 36 heavy (non-hydrogen) atoms. The van der Waals surface area contributed by atoms with Crippen molar-refractivity contribution in [1.82, 2.24) is 4.90 Å². The fraction of sp³-hybridized carbons (Fsp3) is 0.455. The zero-order valence-corrected chi connectivity index (χ0v) is 22.6. The maximum atomic E-state index is 9.08. The standard InChI is InChI=1S/C33H41N3/c1-6-8-25(4)35-22-24(3)32-20-31(23(2)19-33(32)30-9-7-10-30)26(5)36-17-15-29(16-18-36)28-13-11-27(21-34)12-14-28/h11-14,19-20,22,29-30H,5-10,15-18H2,1-4H3/b24-22+,35-25?. The first-order valence-corrected chi connectivity index (χ1v) is 13.7. The number of benzene rings is 2. The van der Waals surface area contributed by atoms with Crippen molar-refractivity contribution in [3.05, 3.63) is 82.6 Å². The number of aryl methyl sites for hydroxylation is 1. The van der Waals surface area contributed by atoms with E-state index in [1.807, 2.05) is 12.1 Å². The molecule has 0 atom stereocenters. The molecule has 3 nitrogen and oxygen atoms in total. The van der Waals surface area contributed by atoms with Crippen molar-refractivity contribution in [3.8, 4) is 6.07 Å². The van der Waals surface area contributed by atoms with Gasteiger partial charge in [0.15, 0.2) is 0 Å². The molecule has 1 heterocycles. The Labute approximate surface area is 218 Å². The van der Waals surface area contributed by atoms with Gasteiger partial charge in [-0.25, -0.2) is 0 Å². The summed E-state index contributed by atoms with van der Waals surface area (Å²) in [7, 11) is 0. The van der Waals surface area contributed by atoms with Crippen LogP contribution in [-0.2, 0) is 0 Å². The lowest BCUT2D eigenvalue weighted by molar-refractivity contribution is 0.299. The molecular formula is C33H41N3. The van der Waals surface area contributed by atoms with E-state index in [4.69, 9.17) is 10.3 Å². The molecule has 1 aliphatic heterocycles. The highest BCUT2D eigenvalue weighted by Gasteiger charge is 2.26. The summed E-state index contributed by atoms with van der Waals surface area (Å²) in [5, 5.41) is 9.08. The highest BCUT2D eigenvalue weighted by atomic mass is 15.1. The van der Waals surface area contributed by atoms with Crippen LogP contribution < -0.4 is 0 Å². The van der Waals surface area contributed by atoms with E-state index in [1.54, 1.807) is 0 Å². The van der Waals surface area contributed by atoms with Gasteiger partial charge in [0.2, 0.25) is 0 Å². The smallest absolute Gasteiger partial charge is 0.0991 e. The molecule has 4 rings (SSSR count). The highest BCUT2D eigenvalue weighted by Crippen LogP contribution is 2.42. The van der Waals surface area contributed by atoms with Crippen LogP contribution in [0.1, 0.15) is 111 Å². The van der Waals surface area contributed by atoms with E-state index in [0.29, 0.717) is 11.8 Å². The number of likely N-dealkylation sites (tertiary alicyclic amines) is 1. The minimum absolute atomic E-state index is 0.550. The van der Waals surface area contributed by atoms with Crippen LogP contribution in [-0.4, -0.2) is 23.7 Å². The topological polar surface area (TPSA) is 39.4 Å². The number of aliphatic imine (C=N–C) groups is 1. The van der Waals surface area contributed by atoms with E-state index in [0.717, 1.165) is 50.0 Å². The molecule has 2 aromatic rings. The first-order valence-electron chi connectivity index (χ1n) is 13.7.